The standard InChI is InChI=1S/C16H20.C9H8.C3H4/c1-2-4-15(5-3-1)16-9-12-6-13(10-16)8-14(7-12)11-16;1-2-6-9-7-4-3-5-8-9;1-3-2/h1-5,12-14H,6-11H2;3-5,7-8H,1H3;1H,2H3. The largest absolute Gasteiger partial charge is 0.120 e. The topological polar surface area (TPSA) is 0 Å². The highest BCUT2D eigenvalue weighted by Crippen LogP contribution is 2.60. The third-order valence-electron chi connectivity index (χ3n) is 6.47. The molecule has 28 heavy (non-hydrogen) atoms. The molecule has 4 saturated carbocycles. The molecule has 4 fully saturated rings. The van der Waals surface area contributed by atoms with Crippen molar-refractivity contribution in [1.29, 1.82) is 0 Å². The van der Waals surface area contributed by atoms with E-state index in [1.165, 1.54) is 19.3 Å². The summed E-state index contributed by atoms with van der Waals surface area (Å²) in [4.78, 5) is 0. The maximum absolute atomic E-state index is 4.60. The molecule has 0 nitrogen and oxygen atoms in total. The van der Waals surface area contributed by atoms with Crippen LogP contribution >= 0.6 is 0 Å². The number of hydrogen-bond acceptors (Lipinski definition) is 0. The summed E-state index contributed by atoms with van der Waals surface area (Å²) in [5.41, 5.74) is 3.32. The van der Waals surface area contributed by atoms with Crippen LogP contribution in [0, 0.1) is 41.9 Å². The van der Waals surface area contributed by atoms with Crippen LogP contribution in [0.2, 0.25) is 0 Å². The van der Waals surface area contributed by atoms with Gasteiger partial charge in [-0.1, -0.05) is 54.5 Å². The van der Waals surface area contributed by atoms with E-state index in [2.05, 4.69) is 54.5 Å². The van der Waals surface area contributed by atoms with E-state index in [4.69, 9.17) is 0 Å². The van der Waals surface area contributed by atoms with Gasteiger partial charge in [-0.05, 0) is 93.2 Å². The summed E-state index contributed by atoms with van der Waals surface area (Å²) in [6, 6.07) is 21.3. The molecule has 0 amide bonds. The Hall–Kier alpha value is -2.44. The van der Waals surface area contributed by atoms with Gasteiger partial charge in [0.1, 0.15) is 0 Å². The Morgan fingerprint density at radius 3 is 1.61 bits per heavy atom. The summed E-state index contributed by atoms with van der Waals surface area (Å²) in [5, 5.41) is 0. The van der Waals surface area contributed by atoms with Gasteiger partial charge in [-0.3, -0.25) is 0 Å². The SMILES string of the molecule is C#CC.CC#Cc1ccccc1.c1ccc(C23CC4CC(CC(C4)C2)C3)cc1. The van der Waals surface area contributed by atoms with Crippen LogP contribution in [0.25, 0.3) is 0 Å². The Kier molecular flexibility index (Phi) is 7.01. The number of terminal acetylenes is 1. The van der Waals surface area contributed by atoms with Crippen molar-refractivity contribution in [3.05, 3.63) is 71.8 Å². The molecule has 0 radical (unpaired) electrons. The van der Waals surface area contributed by atoms with Gasteiger partial charge in [0.25, 0.3) is 0 Å². The molecule has 0 N–H and O–H groups in total. The minimum Gasteiger partial charge on any atom is -0.120 e. The van der Waals surface area contributed by atoms with E-state index in [1.54, 1.807) is 31.7 Å². The molecule has 4 aliphatic carbocycles. The molecule has 0 unspecified atom stereocenters. The fourth-order valence-corrected chi connectivity index (χ4v) is 5.92. The summed E-state index contributed by atoms with van der Waals surface area (Å²) in [6.07, 6.45) is 13.7. The van der Waals surface area contributed by atoms with Gasteiger partial charge < -0.3 is 0 Å². The van der Waals surface area contributed by atoms with E-state index in [9.17, 15) is 0 Å². The second-order valence-electron chi connectivity index (χ2n) is 8.59. The van der Waals surface area contributed by atoms with Crippen LogP contribution in [-0.4, -0.2) is 0 Å². The zero-order valence-electron chi connectivity index (χ0n) is 17.3. The molecule has 0 atom stereocenters. The molecule has 4 aliphatic rings. The lowest BCUT2D eigenvalue weighted by Gasteiger charge is -2.57. The van der Waals surface area contributed by atoms with Gasteiger partial charge in [-0.15, -0.1) is 18.3 Å². The molecule has 144 valence electrons. The van der Waals surface area contributed by atoms with Crippen LogP contribution in [0.3, 0.4) is 0 Å². The van der Waals surface area contributed by atoms with Crippen molar-refractivity contribution in [1.82, 2.24) is 0 Å². The predicted octanol–water partition coefficient (Wildman–Crippen LogP) is 6.85. The zero-order valence-corrected chi connectivity index (χ0v) is 17.3. The average molecular weight is 369 g/mol. The van der Waals surface area contributed by atoms with E-state index in [1.807, 2.05) is 37.3 Å². The average Bonchev–Trinajstić information content (AvgIpc) is 2.70. The van der Waals surface area contributed by atoms with Crippen molar-refractivity contribution in [2.24, 2.45) is 17.8 Å². The number of hydrogen-bond donors (Lipinski definition) is 0. The van der Waals surface area contributed by atoms with Crippen molar-refractivity contribution < 1.29 is 0 Å². The molecular formula is C28H32. The molecule has 4 bridgehead atoms. The molecule has 6 rings (SSSR count). The van der Waals surface area contributed by atoms with E-state index >= 15 is 0 Å². The summed E-state index contributed by atoms with van der Waals surface area (Å²) < 4.78 is 0. The van der Waals surface area contributed by atoms with Crippen LogP contribution in [0.1, 0.15) is 63.5 Å². The van der Waals surface area contributed by atoms with E-state index < -0.39 is 0 Å². The maximum atomic E-state index is 4.60. The fraction of sp³-hybridized carbons (Fsp3) is 0.429. The van der Waals surface area contributed by atoms with Gasteiger partial charge in [-0.2, -0.15) is 0 Å². The minimum absolute atomic E-state index is 0.593. The summed E-state index contributed by atoms with van der Waals surface area (Å²) in [5.74, 6) is 11.2. The van der Waals surface area contributed by atoms with Crippen LogP contribution in [0.15, 0.2) is 60.7 Å². The smallest absolute Gasteiger partial charge is 0.0245 e. The first-order chi connectivity index (χ1) is 13.7. The van der Waals surface area contributed by atoms with Gasteiger partial charge in [-0.25, -0.2) is 0 Å². The molecule has 0 spiro atoms. The molecule has 0 aliphatic heterocycles. The van der Waals surface area contributed by atoms with E-state index in [0.29, 0.717) is 5.41 Å². The second-order valence-corrected chi connectivity index (χ2v) is 8.59. The summed E-state index contributed by atoms with van der Waals surface area (Å²) >= 11 is 0. The van der Waals surface area contributed by atoms with Crippen LogP contribution in [0.5, 0.6) is 0 Å². The van der Waals surface area contributed by atoms with Crippen molar-refractivity contribution >= 4 is 0 Å². The van der Waals surface area contributed by atoms with Gasteiger partial charge in [0.15, 0.2) is 0 Å². The van der Waals surface area contributed by atoms with Crippen LogP contribution in [-0.2, 0) is 5.41 Å². The first-order valence-electron chi connectivity index (χ1n) is 10.6. The lowest BCUT2D eigenvalue weighted by molar-refractivity contribution is -0.00518. The zero-order chi connectivity index (χ0) is 19.8. The molecule has 2 aromatic carbocycles. The first-order valence-corrected chi connectivity index (χ1v) is 10.6. The van der Waals surface area contributed by atoms with Crippen molar-refractivity contribution in [3.63, 3.8) is 0 Å². The Bertz CT molecular complexity index is 791. The molecule has 0 aromatic heterocycles. The van der Waals surface area contributed by atoms with Crippen LogP contribution < -0.4 is 0 Å². The Morgan fingerprint density at radius 2 is 1.18 bits per heavy atom. The van der Waals surface area contributed by atoms with Gasteiger partial charge >= 0.3 is 0 Å². The van der Waals surface area contributed by atoms with Gasteiger partial charge in [0, 0.05) is 5.56 Å². The van der Waals surface area contributed by atoms with Crippen molar-refractivity contribution in [2.45, 2.75) is 57.8 Å². The highest BCUT2D eigenvalue weighted by Gasteiger charge is 2.51. The minimum atomic E-state index is 0.593. The third kappa shape index (κ3) is 4.88. The summed E-state index contributed by atoms with van der Waals surface area (Å²) in [7, 11) is 0. The third-order valence-corrected chi connectivity index (χ3v) is 6.47. The molecule has 2 aromatic rings. The monoisotopic (exact) mass is 368 g/mol. The quantitative estimate of drug-likeness (QED) is 0.483. The van der Waals surface area contributed by atoms with Gasteiger partial charge in [0.2, 0.25) is 0 Å². The van der Waals surface area contributed by atoms with Crippen molar-refractivity contribution in [3.8, 4) is 24.2 Å². The molecular weight excluding hydrogens is 336 g/mol. The van der Waals surface area contributed by atoms with Gasteiger partial charge in [0.05, 0.1) is 0 Å². The maximum Gasteiger partial charge on any atom is 0.0245 e. The van der Waals surface area contributed by atoms with E-state index in [-0.39, 0.29) is 0 Å². The Balaban J connectivity index is 0.000000160. The molecule has 0 saturated heterocycles. The normalized spacial score (nSPS) is 28.4. The van der Waals surface area contributed by atoms with E-state index in [0.717, 1.165) is 23.3 Å². The fourth-order valence-electron chi connectivity index (χ4n) is 5.92. The lowest BCUT2D eigenvalue weighted by atomic mass is 9.48. The molecule has 0 heterocycles. The highest BCUT2D eigenvalue weighted by atomic mass is 14.6. The van der Waals surface area contributed by atoms with Crippen LogP contribution in [0.4, 0.5) is 0 Å². The first kappa shape index (κ1) is 20.3. The highest BCUT2D eigenvalue weighted by molar-refractivity contribution is 5.33. The second kappa shape index (κ2) is 9.66. The number of benzene rings is 2. The summed E-state index contributed by atoms with van der Waals surface area (Å²) in [6.45, 7) is 3.49. The number of rotatable bonds is 1. The Labute approximate surface area is 171 Å². The van der Waals surface area contributed by atoms with Crippen molar-refractivity contribution in [2.75, 3.05) is 0 Å². The molecule has 0 heteroatoms. The lowest BCUT2D eigenvalue weighted by Crippen LogP contribution is -2.48. The predicted molar refractivity (Wildman–Crippen MR) is 120 cm³/mol. The Morgan fingerprint density at radius 1 is 0.750 bits per heavy atom.